The van der Waals surface area contributed by atoms with Gasteiger partial charge < -0.3 is 15.4 Å². The number of nitrogens with two attached hydrogens (primary N) is 1. The first kappa shape index (κ1) is 14.6. The van der Waals surface area contributed by atoms with Gasteiger partial charge in [0.25, 0.3) is 0 Å². The molecule has 2 aromatic rings. The lowest BCUT2D eigenvalue weighted by molar-refractivity contribution is -0.129. The van der Waals surface area contributed by atoms with Gasteiger partial charge in [0.2, 0.25) is 5.91 Å². The molecule has 0 aliphatic carbocycles. The summed E-state index contributed by atoms with van der Waals surface area (Å²) in [5.41, 5.74) is 10.8. The van der Waals surface area contributed by atoms with Crippen LogP contribution in [0.5, 0.6) is 5.75 Å². The molecule has 1 aliphatic rings. The fourth-order valence-electron chi connectivity index (χ4n) is 2.93. The molecule has 114 valence electrons. The monoisotopic (exact) mass is 296 g/mol. The first-order chi connectivity index (χ1) is 10.6. The number of hydrogen-bond acceptors (Lipinski definition) is 3. The van der Waals surface area contributed by atoms with Crippen molar-refractivity contribution in [3.8, 4) is 5.75 Å². The summed E-state index contributed by atoms with van der Waals surface area (Å²) in [7, 11) is 1.65. The molecule has 0 saturated heterocycles. The summed E-state index contributed by atoms with van der Waals surface area (Å²) in [5, 5.41) is 0. The van der Waals surface area contributed by atoms with E-state index in [2.05, 4.69) is 12.1 Å². The molecule has 1 unspecified atom stereocenters. The molecule has 0 radical (unpaired) electrons. The Morgan fingerprint density at radius 1 is 1.18 bits per heavy atom. The van der Waals surface area contributed by atoms with Crippen LogP contribution < -0.4 is 10.5 Å². The quantitative estimate of drug-likeness (QED) is 0.947. The van der Waals surface area contributed by atoms with Gasteiger partial charge in [-0.15, -0.1) is 0 Å². The second-order valence-electron chi connectivity index (χ2n) is 5.62. The summed E-state index contributed by atoms with van der Waals surface area (Å²) in [5.74, 6) is 0.896. The van der Waals surface area contributed by atoms with Gasteiger partial charge in [0.05, 0.1) is 13.2 Å². The first-order valence-electron chi connectivity index (χ1n) is 7.36. The maximum atomic E-state index is 11.5. The lowest BCUT2D eigenvalue weighted by Crippen LogP contribution is -2.21. The molecule has 2 N–H and O–H groups in total. The van der Waals surface area contributed by atoms with Crippen molar-refractivity contribution < 1.29 is 9.53 Å². The smallest absolute Gasteiger partial charge is 0.220 e. The molecule has 2 aromatic carbocycles. The molecule has 0 bridgehead atoms. The molecule has 0 saturated carbocycles. The van der Waals surface area contributed by atoms with Crippen molar-refractivity contribution in [2.45, 2.75) is 26.1 Å². The summed E-state index contributed by atoms with van der Waals surface area (Å²) < 4.78 is 5.40. The Labute approximate surface area is 130 Å². The minimum atomic E-state index is -0.243. The molecular weight excluding hydrogens is 276 g/mol. The van der Waals surface area contributed by atoms with E-state index in [1.807, 2.05) is 35.2 Å². The number of benzene rings is 2. The molecule has 0 aromatic heterocycles. The Hall–Kier alpha value is -2.33. The van der Waals surface area contributed by atoms with Gasteiger partial charge in [-0.25, -0.2) is 0 Å². The summed E-state index contributed by atoms with van der Waals surface area (Å²) in [6, 6.07) is 13.8. The molecular formula is C18H20N2O2. The minimum Gasteiger partial charge on any atom is -0.496 e. The Morgan fingerprint density at radius 3 is 2.64 bits per heavy atom. The molecule has 0 fully saturated rings. The number of hydrogen-bond donors (Lipinski definition) is 1. The molecule has 4 nitrogen and oxygen atoms in total. The maximum Gasteiger partial charge on any atom is 0.220 e. The highest BCUT2D eigenvalue weighted by Gasteiger charge is 2.22. The average molecular weight is 296 g/mol. The van der Waals surface area contributed by atoms with Crippen molar-refractivity contribution in [3.05, 3.63) is 64.7 Å². The number of carbonyl (C=O) groups excluding carboxylic acids is 1. The fourth-order valence-corrected chi connectivity index (χ4v) is 2.93. The standard InChI is InChI=1S/C18H20N2O2/c1-12(21)20-10-14-8-7-13(9-15(14)11-20)18(19)16-5-3-4-6-17(16)22-2/h3-9,18H,10-11,19H2,1-2H3. The summed E-state index contributed by atoms with van der Waals surface area (Å²) >= 11 is 0. The number of amides is 1. The predicted molar refractivity (Wildman–Crippen MR) is 85.4 cm³/mol. The Kier molecular flexibility index (Phi) is 3.86. The number of ether oxygens (including phenoxy) is 1. The van der Waals surface area contributed by atoms with Crippen molar-refractivity contribution in [2.75, 3.05) is 7.11 Å². The summed E-state index contributed by atoms with van der Waals surface area (Å²) in [4.78, 5) is 13.4. The lowest BCUT2D eigenvalue weighted by atomic mass is 9.96. The van der Waals surface area contributed by atoms with E-state index in [1.54, 1.807) is 14.0 Å². The van der Waals surface area contributed by atoms with Gasteiger partial charge in [0.15, 0.2) is 0 Å². The number of carbonyl (C=O) groups is 1. The van der Waals surface area contributed by atoms with Crippen LogP contribution in [-0.2, 0) is 17.9 Å². The Morgan fingerprint density at radius 2 is 1.91 bits per heavy atom. The van der Waals surface area contributed by atoms with E-state index in [0.29, 0.717) is 13.1 Å². The molecule has 1 atom stereocenters. The zero-order valence-electron chi connectivity index (χ0n) is 12.9. The molecule has 22 heavy (non-hydrogen) atoms. The molecule has 1 heterocycles. The van der Waals surface area contributed by atoms with Crippen molar-refractivity contribution in [1.82, 2.24) is 4.90 Å². The zero-order valence-corrected chi connectivity index (χ0v) is 12.9. The summed E-state index contributed by atoms with van der Waals surface area (Å²) in [6.45, 7) is 2.96. The highest BCUT2D eigenvalue weighted by atomic mass is 16.5. The number of rotatable bonds is 3. The molecule has 4 heteroatoms. The van der Waals surface area contributed by atoms with Crippen LogP contribution in [-0.4, -0.2) is 17.9 Å². The average Bonchev–Trinajstić information content (AvgIpc) is 2.97. The number of para-hydroxylation sites is 1. The highest BCUT2D eigenvalue weighted by molar-refractivity contribution is 5.74. The van der Waals surface area contributed by atoms with E-state index in [-0.39, 0.29) is 11.9 Å². The van der Waals surface area contributed by atoms with Gasteiger partial charge in [0.1, 0.15) is 5.75 Å². The van der Waals surface area contributed by atoms with Crippen LogP contribution in [0.1, 0.15) is 35.2 Å². The van der Waals surface area contributed by atoms with Crippen LogP contribution in [0.25, 0.3) is 0 Å². The normalized spacial score (nSPS) is 14.6. The van der Waals surface area contributed by atoms with Gasteiger partial charge in [0, 0.05) is 25.6 Å². The number of methoxy groups -OCH3 is 1. The van der Waals surface area contributed by atoms with Crippen LogP contribution in [0.3, 0.4) is 0 Å². The topological polar surface area (TPSA) is 55.6 Å². The maximum absolute atomic E-state index is 11.5. The third-order valence-electron chi connectivity index (χ3n) is 4.23. The van der Waals surface area contributed by atoms with E-state index in [4.69, 9.17) is 10.5 Å². The Balaban J connectivity index is 1.91. The van der Waals surface area contributed by atoms with Crippen LogP contribution in [0.15, 0.2) is 42.5 Å². The van der Waals surface area contributed by atoms with E-state index in [0.717, 1.165) is 16.9 Å². The van der Waals surface area contributed by atoms with E-state index < -0.39 is 0 Å². The van der Waals surface area contributed by atoms with E-state index in [1.165, 1.54) is 11.1 Å². The second-order valence-corrected chi connectivity index (χ2v) is 5.62. The second kappa shape index (κ2) is 5.81. The fraction of sp³-hybridized carbons (Fsp3) is 0.278. The van der Waals surface area contributed by atoms with Crippen molar-refractivity contribution in [1.29, 1.82) is 0 Å². The Bertz CT molecular complexity index is 712. The number of nitrogens with zero attached hydrogens (tertiary/aromatic N) is 1. The van der Waals surface area contributed by atoms with Crippen LogP contribution >= 0.6 is 0 Å². The first-order valence-corrected chi connectivity index (χ1v) is 7.36. The van der Waals surface area contributed by atoms with E-state index in [9.17, 15) is 4.79 Å². The van der Waals surface area contributed by atoms with Gasteiger partial charge >= 0.3 is 0 Å². The number of fused-ring (bicyclic) bond motifs is 1. The minimum absolute atomic E-state index is 0.103. The summed E-state index contributed by atoms with van der Waals surface area (Å²) in [6.07, 6.45) is 0. The molecule has 1 aliphatic heterocycles. The van der Waals surface area contributed by atoms with E-state index >= 15 is 0 Å². The van der Waals surface area contributed by atoms with Crippen molar-refractivity contribution >= 4 is 5.91 Å². The van der Waals surface area contributed by atoms with Gasteiger partial charge in [-0.3, -0.25) is 4.79 Å². The third-order valence-corrected chi connectivity index (χ3v) is 4.23. The lowest BCUT2D eigenvalue weighted by Gasteiger charge is -2.16. The van der Waals surface area contributed by atoms with Gasteiger partial charge in [-0.1, -0.05) is 36.4 Å². The highest BCUT2D eigenvalue weighted by Crippen LogP contribution is 2.31. The van der Waals surface area contributed by atoms with Gasteiger partial charge in [-0.05, 0) is 22.8 Å². The molecule has 3 rings (SSSR count). The molecule has 0 spiro atoms. The SMILES string of the molecule is COc1ccccc1C(N)c1ccc2c(c1)CN(C(C)=O)C2. The molecule has 1 amide bonds. The van der Waals surface area contributed by atoms with Gasteiger partial charge in [-0.2, -0.15) is 0 Å². The van der Waals surface area contributed by atoms with Crippen LogP contribution in [0.2, 0.25) is 0 Å². The van der Waals surface area contributed by atoms with Crippen molar-refractivity contribution in [2.24, 2.45) is 5.73 Å². The van der Waals surface area contributed by atoms with Crippen molar-refractivity contribution in [3.63, 3.8) is 0 Å². The third kappa shape index (κ3) is 2.57. The van der Waals surface area contributed by atoms with Crippen LogP contribution in [0.4, 0.5) is 0 Å². The largest absolute Gasteiger partial charge is 0.496 e. The van der Waals surface area contributed by atoms with Crippen LogP contribution in [0, 0.1) is 0 Å². The predicted octanol–water partition coefficient (Wildman–Crippen LogP) is 2.61. The zero-order chi connectivity index (χ0) is 15.7.